The highest BCUT2D eigenvalue weighted by Crippen LogP contribution is 2.66. The van der Waals surface area contributed by atoms with Crippen LogP contribution in [0.1, 0.15) is 140 Å². The maximum absolute atomic E-state index is 13.5. The predicted molar refractivity (Wildman–Crippen MR) is 166 cm³/mol. The molecule has 42 heavy (non-hydrogen) atoms. The Labute approximate surface area is 254 Å². The van der Waals surface area contributed by atoms with Crippen LogP contribution in [-0.4, -0.2) is 55.1 Å². The lowest BCUT2D eigenvalue weighted by Gasteiger charge is -2.63. The van der Waals surface area contributed by atoms with Crippen molar-refractivity contribution in [2.24, 2.45) is 0 Å². The Hall–Kier alpha value is -2.08. The van der Waals surface area contributed by atoms with Gasteiger partial charge >= 0.3 is 5.97 Å². The zero-order valence-corrected chi connectivity index (χ0v) is 26.6. The number of unbranched alkanes of at least 4 members (excludes halogenated alkanes) is 14. The molecule has 4 aliphatic rings. The zero-order valence-electron chi connectivity index (χ0n) is 26.6. The number of likely N-dealkylation sites (N-methyl/N-ethyl adjacent to an activating group) is 1. The van der Waals surface area contributed by atoms with Gasteiger partial charge < -0.3 is 14.2 Å². The van der Waals surface area contributed by atoms with Crippen LogP contribution in [-0.2, 0) is 26.2 Å². The van der Waals surface area contributed by atoms with Crippen LogP contribution >= 0.6 is 0 Å². The first-order valence-electron chi connectivity index (χ1n) is 17.3. The first-order valence-corrected chi connectivity index (χ1v) is 17.3. The van der Waals surface area contributed by atoms with Crippen molar-refractivity contribution in [3.8, 4) is 11.5 Å². The Kier molecular flexibility index (Phi) is 10.6. The lowest BCUT2D eigenvalue weighted by atomic mass is 9.49. The molecule has 6 heteroatoms. The third-order valence-corrected chi connectivity index (χ3v) is 11.0. The van der Waals surface area contributed by atoms with Gasteiger partial charge in [0.25, 0.3) is 0 Å². The molecule has 1 aromatic carbocycles. The molecule has 6 nitrogen and oxygen atoms in total. The number of nitrogens with zero attached hydrogens (tertiary/aromatic N) is 1. The van der Waals surface area contributed by atoms with Crippen molar-refractivity contribution in [3.63, 3.8) is 0 Å². The molecule has 2 aliphatic heterocycles. The first kappa shape index (κ1) is 31.3. The van der Waals surface area contributed by atoms with E-state index in [1.807, 2.05) is 6.07 Å². The van der Waals surface area contributed by atoms with Crippen molar-refractivity contribution < 1.29 is 23.8 Å². The second kappa shape index (κ2) is 14.1. The van der Waals surface area contributed by atoms with E-state index in [4.69, 9.17) is 14.2 Å². The number of hydrogen-bond donors (Lipinski definition) is 0. The standard InChI is InChI=1S/C36H55NO5/c1-4-5-6-7-8-9-10-11-12-13-14-15-16-17-18-19-31(39)42-36-23-22-28(38)34-35(36)24-25-37(2)30(36)26-27-20-21-29(40-3)33(41-34)32(27)35/h20-21,30,34H,4-19,22-26H2,1-3H3/t30-,34+,35+,36-/m1/s1. The highest BCUT2D eigenvalue weighted by molar-refractivity contribution is 5.90. The number of carbonyl (C=O) groups is 2. The summed E-state index contributed by atoms with van der Waals surface area (Å²) in [5, 5.41) is 0. The number of hydrogen-bond acceptors (Lipinski definition) is 6. The minimum Gasteiger partial charge on any atom is -0.493 e. The number of esters is 1. The molecule has 0 unspecified atom stereocenters. The molecular weight excluding hydrogens is 526 g/mol. The van der Waals surface area contributed by atoms with Crippen molar-refractivity contribution in [2.45, 2.75) is 159 Å². The van der Waals surface area contributed by atoms with E-state index in [1.165, 1.54) is 89.0 Å². The van der Waals surface area contributed by atoms with Crippen molar-refractivity contribution in [1.82, 2.24) is 4.90 Å². The number of Topliss-reactive ketones (excluding diaryl/α,β-unsaturated/α-hetero) is 1. The number of likely N-dealkylation sites (tertiary alicyclic amines) is 1. The van der Waals surface area contributed by atoms with E-state index in [-0.39, 0.29) is 17.8 Å². The van der Waals surface area contributed by atoms with E-state index in [0.29, 0.717) is 30.8 Å². The highest BCUT2D eigenvalue weighted by atomic mass is 16.6. The average molecular weight is 582 g/mol. The van der Waals surface area contributed by atoms with Gasteiger partial charge in [0.05, 0.1) is 18.6 Å². The average Bonchev–Trinajstić information content (AvgIpc) is 3.35. The van der Waals surface area contributed by atoms with Gasteiger partial charge in [0.2, 0.25) is 0 Å². The van der Waals surface area contributed by atoms with Crippen LogP contribution in [0.2, 0.25) is 0 Å². The molecule has 0 N–H and O–H groups in total. The fraction of sp³-hybridized carbons (Fsp3) is 0.778. The largest absolute Gasteiger partial charge is 0.493 e. The smallest absolute Gasteiger partial charge is 0.306 e. The van der Waals surface area contributed by atoms with Gasteiger partial charge in [-0.15, -0.1) is 0 Å². The number of ketones is 1. The summed E-state index contributed by atoms with van der Waals surface area (Å²) in [7, 11) is 3.78. The van der Waals surface area contributed by atoms with E-state index >= 15 is 0 Å². The lowest BCUT2D eigenvalue weighted by Crippen LogP contribution is -2.77. The number of methoxy groups -OCH3 is 1. The van der Waals surface area contributed by atoms with E-state index in [2.05, 4.69) is 24.9 Å². The summed E-state index contributed by atoms with van der Waals surface area (Å²) < 4.78 is 18.8. The summed E-state index contributed by atoms with van der Waals surface area (Å²) >= 11 is 0. The molecule has 1 saturated carbocycles. The van der Waals surface area contributed by atoms with Gasteiger partial charge in [-0.3, -0.25) is 14.5 Å². The van der Waals surface area contributed by atoms with Crippen LogP contribution in [0.15, 0.2) is 12.1 Å². The molecule has 2 heterocycles. The molecule has 1 aromatic rings. The van der Waals surface area contributed by atoms with Gasteiger partial charge in [0, 0.05) is 18.4 Å². The Morgan fingerprint density at radius 2 is 1.55 bits per heavy atom. The molecule has 1 spiro atoms. The fourth-order valence-corrected chi connectivity index (χ4v) is 8.76. The van der Waals surface area contributed by atoms with Crippen molar-refractivity contribution >= 4 is 11.8 Å². The van der Waals surface area contributed by atoms with Crippen LogP contribution in [0.4, 0.5) is 0 Å². The van der Waals surface area contributed by atoms with Crippen LogP contribution in [0.5, 0.6) is 11.5 Å². The number of rotatable bonds is 18. The molecule has 2 bridgehead atoms. The van der Waals surface area contributed by atoms with E-state index < -0.39 is 17.1 Å². The summed E-state index contributed by atoms with van der Waals surface area (Å²) in [6.45, 7) is 3.13. The number of ether oxygens (including phenoxy) is 3. The maximum Gasteiger partial charge on any atom is 0.306 e. The third-order valence-electron chi connectivity index (χ3n) is 11.0. The molecule has 2 fully saturated rings. The second-order valence-corrected chi connectivity index (χ2v) is 13.6. The SMILES string of the molecule is CCCCCCCCCCCCCCCCCC(=O)O[C@@]12CCC(=O)[C@@H]3Oc4c(OC)ccc5c4[C@@]31CCN(C)[C@@H]2C5. The Morgan fingerprint density at radius 1 is 0.929 bits per heavy atom. The Morgan fingerprint density at radius 3 is 2.17 bits per heavy atom. The van der Waals surface area contributed by atoms with Crippen LogP contribution in [0.25, 0.3) is 0 Å². The zero-order chi connectivity index (χ0) is 29.6. The number of piperidine rings is 1. The van der Waals surface area contributed by atoms with Gasteiger partial charge in [-0.25, -0.2) is 0 Å². The van der Waals surface area contributed by atoms with Crippen LogP contribution < -0.4 is 9.47 Å². The quantitative estimate of drug-likeness (QED) is 0.130. The molecule has 4 atom stereocenters. The topological polar surface area (TPSA) is 65.1 Å². The first-order chi connectivity index (χ1) is 20.5. The lowest BCUT2D eigenvalue weighted by molar-refractivity contribution is -0.213. The molecule has 5 rings (SSSR count). The Bertz CT molecular complexity index is 1090. The van der Waals surface area contributed by atoms with Crippen molar-refractivity contribution in [3.05, 3.63) is 23.3 Å². The summed E-state index contributed by atoms with van der Waals surface area (Å²) in [4.78, 5) is 29.2. The monoisotopic (exact) mass is 581 g/mol. The van der Waals surface area contributed by atoms with Gasteiger partial charge in [-0.2, -0.15) is 0 Å². The highest BCUT2D eigenvalue weighted by Gasteiger charge is 2.75. The van der Waals surface area contributed by atoms with Crippen LogP contribution in [0.3, 0.4) is 0 Å². The summed E-state index contributed by atoms with van der Waals surface area (Å²) in [6, 6.07) is 4.12. The summed E-state index contributed by atoms with van der Waals surface area (Å²) in [5.74, 6) is 1.37. The number of carbonyl (C=O) groups excluding carboxylic acids is 2. The van der Waals surface area contributed by atoms with Gasteiger partial charge in [0.1, 0.15) is 5.60 Å². The van der Waals surface area contributed by atoms with E-state index in [9.17, 15) is 9.59 Å². The Balaban J connectivity index is 1.10. The van der Waals surface area contributed by atoms with Crippen molar-refractivity contribution in [1.29, 1.82) is 0 Å². The molecule has 1 saturated heterocycles. The molecule has 0 amide bonds. The molecule has 0 aromatic heterocycles. The van der Waals surface area contributed by atoms with E-state index in [1.54, 1.807) is 7.11 Å². The van der Waals surface area contributed by atoms with Gasteiger partial charge in [-0.1, -0.05) is 103 Å². The van der Waals surface area contributed by atoms with E-state index in [0.717, 1.165) is 37.8 Å². The minimum absolute atomic E-state index is 0.0438. The third kappa shape index (κ3) is 5.86. The molecule has 2 aliphatic carbocycles. The van der Waals surface area contributed by atoms with Gasteiger partial charge in [-0.05, 0) is 50.9 Å². The number of benzene rings is 1. The van der Waals surface area contributed by atoms with Crippen molar-refractivity contribution in [2.75, 3.05) is 20.7 Å². The molecule has 0 radical (unpaired) electrons. The maximum atomic E-state index is 13.5. The summed E-state index contributed by atoms with van der Waals surface area (Å²) in [5.41, 5.74) is 0.912. The van der Waals surface area contributed by atoms with Gasteiger partial charge in [0.15, 0.2) is 23.4 Å². The normalized spacial score (nSPS) is 27.5. The second-order valence-electron chi connectivity index (χ2n) is 13.6. The van der Waals surface area contributed by atoms with Crippen LogP contribution in [0, 0.1) is 0 Å². The summed E-state index contributed by atoms with van der Waals surface area (Å²) in [6.07, 6.45) is 21.9. The fourth-order valence-electron chi connectivity index (χ4n) is 8.76. The predicted octanol–water partition coefficient (Wildman–Crippen LogP) is 7.86. The molecule has 234 valence electrons. The minimum atomic E-state index is -0.740. The molecular formula is C36H55NO5.